The van der Waals surface area contributed by atoms with Gasteiger partial charge in [-0.3, -0.25) is 9.59 Å². The summed E-state index contributed by atoms with van der Waals surface area (Å²) < 4.78 is 65.7. The van der Waals surface area contributed by atoms with Crippen molar-refractivity contribution in [2.75, 3.05) is 33.9 Å². The molecule has 2 aromatic rings. The number of fused-ring (bicyclic) bond motifs is 1. The van der Waals surface area contributed by atoms with E-state index in [1.54, 1.807) is 0 Å². The normalized spacial score (nSPS) is 15.1. The number of nitrogens with one attached hydrogen (secondary N) is 2. The van der Waals surface area contributed by atoms with Gasteiger partial charge in [-0.25, -0.2) is 26.7 Å². The van der Waals surface area contributed by atoms with Gasteiger partial charge in [0.2, 0.25) is 15.9 Å². The number of esters is 1. The van der Waals surface area contributed by atoms with Crippen LogP contribution in [-0.4, -0.2) is 65.0 Å². The van der Waals surface area contributed by atoms with Crippen molar-refractivity contribution in [3.63, 3.8) is 0 Å². The smallest absolute Gasteiger partial charge is 0.333 e. The van der Waals surface area contributed by atoms with Gasteiger partial charge in [-0.05, 0) is 54.3 Å². The highest BCUT2D eigenvalue weighted by Crippen LogP contribution is 2.37. The molecular weight excluding hydrogens is 512 g/mol. The minimum Gasteiger partial charge on any atom is -0.495 e. The summed E-state index contributed by atoms with van der Waals surface area (Å²) in [4.78, 5) is 38.7. The number of methoxy groups -OCH3 is 2. The van der Waals surface area contributed by atoms with E-state index in [0.29, 0.717) is 18.5 Å². The fourth-order valence-electron chi connectivity index (χ4n) is 3.94. The van der Waals surface area contributed by atoms with Gasteiger partial charge in [-0.2, -0.15) is 0 Å². The molecule has 0 saturated carbocycles. The molecule has 200 valence electrons. The van der Waals surface area contributed by atoms with Crippen LogP contribution in [0.15, 0.2) is 35.2 Å². The first-order valence-electron chi connectivity index (χ1n) is 11.3. The van der Waals surface area contributed by atoms with Gasteiger partial charge in [0.25, 0.3) is 5.91 Å². The summed E-state index contributed by atoms with van der Waals surface area (Å²) in [5.74, 6) is -4.56. The van der Waals surface area contributed by atoms with Crippen LogP contribution in [-0.2, 0) is 30.8 Å². The van der Waals surface area contributed by atoms with Crippen LogP contribution in [0.4, 0.5) is 8.78 Å². The van der Waals surface area contributed by atoms with E-state index < -0.39 is 52.0 Å². The second kappa shape index (κ2) is 11.6. The van der Waals surface area contributed by atoms with Crippen LogP contribution in [0, 0.1) is 11.6 Å². The molecule has 13 heteroatoms. The van der Waals surface area contributed by atoms with E-state index in [1.165, 1.54) is 19.2 Å². The lowest BCUT2D eigenvalue weighted by Crippen LogP contribution is -2.44. The number of benzene rings is 2. The molecule has 37 heavy (non-hydrogen) atoms. The van der Waals surface area contributed by atoms with Gasteiger partial charge in [0, 0.05) is 18.7 Å². The summed E-state index contributed by atoms with van der Waals surface area (Å²) in [7, 11) is -1.92. The number of sulfonamides is 1. The number of hydrogen-bond acceptors (Lipinski definition) is 7. The molecule has 1 heterocycles. The van der Waals surface area contributed by atoms with E-state index in [2.05, 4.69) is 10.0 Å². The third kappa shape index (κ3) is 6.05. The fraction of sp³-hybridized carbons (Fsp3) is 0.375. The van der Waals surface area contributed by atoms with E-state index in [-0.39, 0.29) is 34.7 Å². The first-order valence-corrected chi connectivity index (χ1v) is 12.8. The molecule has 0 spiro atoms. The Bertz CT molecular complexity index is 1320. The zero-order valence-corrected chi connectivity index (χ0v) is 21.3. The van der Waals surface area contributed by atoms with Gasteiger partial charge in [0.1, 0.15) is 10.6 Å². The zero-order valence-electron chi connectivity index (χ0n) is 20.5. The van der Waals surface area contributed by atoms with Crippen molar-refractivity contribution in [3.8, 4) is 5.75 Å². The monoisotopic (exact) mass is 539 g/mol. The Labute approximate surface area is 213 Å². The maximum Gasteiger partial charge on any atom is 0.333 e. The van der Waals surface area contributed by atoms with Crippen molar-refractivity contribution in [3.05, 3.63) is 58.7 Å². The molecule has 0 radical (unpaired) electrons. The van der Waals surface area contributed by atoms with Crippen LogP contribution in [0.5, 0.6) is 5.75 Å². The van der Waals surface area contributed by atoms with Crippen molar-refractivity contribution >= 4 is 27.8 Å². The van der Waals surface area contributed by atoms with Crippen LogP contribution in [0.25, 0.3) is 0 Å². The molecule has 2 N–H and O–H groups in total. The van der Waals surface area contributed by atoms with Crippen LogP contribution < -0.4 is 14.8 Å². The minimum atomic E-state index is -4.30. The van der Waals surface area contributed by atoms with Crippen LogP contribution in [0.1, 0.15) is 40.9 Å². The third-order valence-corrected chi connectivity index (χ3v) is 7.21. The molecule has 3 rings (SSSR count). The molecule has 1 unspecified atom stereocenters. The molecule has 0 bridgehead atoms. The van der Waals surface area contributed by atoms with E-state index in [0.717, 1.165) is 30.2 Å². The number of carbonyl (C=O) groups is 3. The SMILES string of the molecule is CCCNC(=O)CNS(=O)(=O)c1cc2c(cc1OC)CCN(C(=O)c1ccc(F)c(F)c1)C2C(=O)OC. The third-order valence-electron chi connectivity index (χ3n) is 5.79. The van der Waals surface area contributed by atoms with Crippen LogP contribution >= 0.6 is 0 Å². The predicted molar refractivity (Wildman–Crippen MR) is 127 cm³/mol. The molecule has 0 fully saturated rings. The van der Waals surface area contributed by atoms with Gasteiger partial charge in [0.05, 0.1) is 20.8 Å². The molecular formula is C24H27F2N3O7S. The number of halogens is 2. The highest BCUT2D eigenvalue weighted by Gasteiger charge is 2.39. The van der Waals surface area contributed by atoms with Gasteiger partial charge in [0.15, 0.2) is 17.7 Å². The number of rotatable bonds is 9. The number of ether oxygens (including phenoxy) is 2. The summed E-state index contributed by atoms with van der Waals surface area (Å²) in [6.07, 6.45) is 0.883. The Balaban J connectivity index is 2.03. The number of nitrogens with zero attached hydrogens (tertiary/aromatic N) is 1. The molecule has 0 aliphatic carbocycles. The van der Waals surface area contributed by atoms with Crippen LogP contribution in [0.3, 0.4) is 0 Å². The maximum atomic E-state index is 13.8. The molecule has 1 aliphatic heterocycles. The largest absolute Gasteiger partial charge is 0.495 e. The molecule has 2 aromatic carbocycles. The first kappa shape index (κ1) is 28.0. The fourth-order valence-corrected chi connectivity index (χ4v) is 5.11. The standard InChI is InChI=1S/C24H27F2N3O7S/c1-4-8-27-21(30)13-28-37(33,34)20-12-16-14(11-19(20)35-2)7-9-29(22(16)24(32)36-3)23(31)15-5-6-17(25)18(26)10-15/h5-6,10-12,22,28H,4,7-9,13H2,1-3H3,(H,27,30). The van der Waals surface area contributed by atoms with Gasteiger partial charge in [-0.1, -0.05) is 6.92 Å². The van der Waals surface area contributed by atoms with E-state index >= 15 is 0 Å². The molecule has 0 aromatic heterocycles. The van der Waals surface area contributed by atoms with Gasteiger partial charge < -0.3 is 19.7 Å². The highest BCUT2D eigenvalue weighted by molar-refractivity contribution is 7.89. The number of carbonyl (C=O) groups excluding carboxylic acids is 3. The van der Waals surface area contributed by atoms with E-state index in [1.807, 2.05) is 6.92 Å². The predicted octanol–water partition coefficient (Wildman–Crippen LogP) is 1.69. The van der Waals surface area contributed by atoms with Crippen molar-refractivity contribution < 1.29 is 41.1 Å². The Morgan fingerprint density at radius 1 is 1.11 bits per heavy atom. The quantitative estimate of drug-likeness (QED) is 0.464. The average molecular weight is 540 g/mol. The number of amides is 2. The Hall–Kier alpha value is -3.58. The van der Waals surface area contributed by atoms with Crippen LogP contribution in [0.2, 0.25) is 0 Å². The van der Waals surface area contributed by atoms with E-state index in [9.17, 15) is 31.6 Å². The van der Waals surface area contributed by atoms with Crippen molar-refractivity contribution in [2.24, 2.45) is 0 Å². The summed E-state index contributed by atoms with van der Waals surface area (Å²) >= 11 is 0. The van der Waals surface area contributed by atoms with Gasteiger partial charge >= 0.3 is 5.97 Å². The topological polar surface area (TPSA) is 131 Å². The average Bonchev–Trinajstić information content (AvgIpc) is 2.89. The lowest BCUT2D eigenvalue weighted by Gasteiger charge is -2.36. The highest BCUT2D eigenvalue weighted by atomic mass is 32.2. The zero-order chi connectivity index (χ0) is 27.3. The first-order chi connectivity index (χ1) is 17.5. The summed E-state index contributed by atoms with van der Waals surface area (Å²) in [6.45, 7) is 1.71. The second-order valence-corrected chi connectivity index (χ2v) is 9.91. The summed E-state index contributed by atoms with van der Waals surface area (Å²) in [5, 5.41) is 2.55. The van der Waals surface area contributed by atoms with Crippen molar-refractivity contribution in [2.45, 2.75) is 30.7 Å². The molecule has 2 amide bonds. The minimum absolute atomic E-state index is 0.00962. The number of hydrogen-bond donors (Lipinski definition) is 2. The Kier molecular flexibility index (Phi) is 8.81. The maximum absolute atomic E-state index is 13.8. The molecule has 1 atom stereocenters. The molecule has 1 aliphatic rings. The van der Waals surface area contributed by atoms with Crippen molar-refractivity contribution in [1.29, 1.82) is 0 Å². The summed E-state index contributed by atoms with van der Waals surface area (Å²) in [5.41, 5.74) is 0.490. The second-order valence-electron chi connectivity index (χ2n) is 8.18. The lowest BCUT2D eigenvalue weighted by molar-refractivity contribution is -0.146. The molecule has 0 saturated heterocycles. The van der Waals surface area contributed by atoms with Crippen molar-refractivity contribution in [1.82, 2.24) is 14.9 Å². The van der Waals surface area contributed by atoms with Gasteiger partial charge in [-0.15, -0.1) is 0 Å². The lowest BCUT2D eigenvalue weighted by atomic mass is 9.91. The Morgan fingerprint density at radius 2 is 1.84 bits per heavy atom. The molecule has 10 nitrogen and oxygen atoms in total. The Morgan fingerprint density at radius 3 is 2.46 bits per heavy atom. The van der Waals surface area contributed by atoms with E-state index in [4.69, 9.17) is 9.47 Å². The summed E-state index contributed by atoms with van der Waals surface area (Å²) in [6, 6.07) is 3.86.